The summed E-state index contributed by atoms with van der Waals surface area (Å²) in [5.41, 5.74) is 11.9. The summed E-state index contributed by atoms with van der Waals surface area (Å²) >= 11 is 0. The van der Waals surface area contributed by atoms with Crippen LogP contribution in [0.5, 0.6) is 5.75 Å². The molecule has 4 rings (SSSR count). The van der Waals surface area contributed by atoms with Gasteiger partial charge in [-0.3, -0.25) is 53.5 Å². The van der Waals surface area contributed by atoms with E-state index in [4.69, 9.17) is 11.5 Å². The number of Topliss-reactive ketones (excluding diaryl/α,β-unsaturated/α-hetero) is 1. The molecule has 2 aliphatic rings. The van der Waals surface area contributed by atoms with Crippen molar-refractivity contribution in [3.05, 3.63) is 65.7 Å². The van der Waals surface area contributed by atoms with E-state index in [0.29, 0.717) is 24.0 Å². The maximum absolute atomic E-state index is 14.7. The predicted molar refractivity (Wildman–Crippen MR) is 260 cm³/mol. The number of aromatic hydroxyl groups is 1. The molecule has 72 heavy (non-hydrogen) atoms. The molecular weight excluding hydrogens is 939 g/mol. The molecule has 0 unspecified atom stereocenters. The highest BCUT2D eigenvalue weighted by molar-refractivity contribution is 6.00. The number of hydrogen-bond donors (Lipinski definition) is 13. The summed E-state index contributed by atoms with van der Waals surface area (Å²) in [4.78, 5) is 131. The highest BCUT2D eigenvalue weighted by atomic mass is 16.4. The number of carboxylic acid groups (broad SMARTS) is 1. The lowest BCUT2D eigenvalue weighted by Gasteiger charge is -2.32. The monoisotopic (exact) mass is 1010 g/mol. The number of nitrogens with zero attached hydrogens (tertiary/aromatic N) is 2. The van der Waals surface area contributed by atoms with Crippen molar-refractivity contribution < 1.29 is 63.6 Å². The number of hydrogen-bond acceptors (Lipinski definition) is 14. The fourth-order valence-electron chi connectivity index (χ4n) is 8.38. The molecule has 2 aromatic rings. The van der Waals surface area contributed by atoms with E-state index in [1.165, 1.54) is 43.0 Å². The third-order valence-corrected chi connectivity index (χ3v) is 12.3. The summed E-state index contributed by atoms with van der Waals surface area (Å²) in [5, 5.41) is 59.1. The Kier molecular flexibility index (Phi) is 21.9. The second kappa shape index (κ2) is 27.4. The minimum Gasteiger partial charge on any atom is -0.508 e. The van der Waals surface area contributed by atoms with Gasteiger partial charge < -0.3 is 68.7 Å². The number of aliphatic carboxylic acids is 1. The standard InChI is InChI=1S/C48H69N11O13/c1-25(2)38-45(70)58-39(27(4)61)46(71)56-34(22-29-15-17-30(62)18-16-29)47(72)59-20-10-14-36(59)44(69)55-32(21-28-11-6-5-7-12-28)41(66)54-33(23-37(63)64)42(67)57-35(24-60)43(68)53-31(40(65)26(3)52-38)13-8-9-19-51-48(49)50/h5-7,11-12,15-18,25-27,31-36,38-39,52,60-62H,8-10,13-14,19-24H2,1-4H3,(H,53,68)(H,54,66)(H,55,69)(H,56,71)(H,57,67)(H,58,70)(H,63,64)(H4,49,50,51)/t26-,27-,31+,32+,33+,34+,35+,36+,38+,39+/m1/s1. The number of ketones is 1. The Balaban J connectivity index is 1.82. The van der Waals surface area contributed by atoms with Crippen LogP contribution in [-0.4, -0.2) is 165 Å². The summed E-state index contributed by atoms with van der Waals surface area (Å²) < 4.78 is 0. The zero-order valence-corrected chi connectivity index (χ0v) is 40.8. The van der Waals surface area contributed by atoms with Crippen molar-refractivity contribution in [3.8, 4) is 5.75 Å². The van der Waals surface area contributed by atoms with Crippen LogP contribution in [0.4, 0.5) is 0 Å². The van der Waals surface area contributed by atoms with E-state index in [0.717, 1.165) is 0 Å². The van der Waals surface area contributed by atoms with Gasteiger partial charge in [-0.25, -0.2) is 0 Å². The lowest BCUT2D eigenvalue weighted by Crippen LogP contribution is -2.62. The van der Waals surface area contributed by atoms with Crippen molar-refractivity contribution in [2.75, 3.05) is 19.7 Å². The van der Waals surface area contributed by atoms with E-state index >= 15 is 0 Å². The van der Waals surface area contributed by atoms with Gasteiger partial charge in [-0.2, -0.15) is 0 Å². The van der Waals surface area contributed by atoms with E-state index in [1.807, 2.05) is 0 Å². The van der Waals surface area contributed by atoms with Gasteiger partial charge in [0.05, 0.1) is 37.3 Å². The Bertz CT molecular complexity index is 2260. The second-order valence-electron chi connectivity index (χ2n) is 18.4. The number of carboxylic acids is 1. The fourth-order valence-corrected chi connectivity index (χ4v) is 8.38. The number of nitrogens with two attached hydrogens (primary N) is 2. The number of unbranched alkanes of at least 4 members (excludes halogenated alkanes) is 1. The number of aliphatic hydroxyl groups excluding tert-OH is 2. The number of rotatable bonds is 14. The molecule has 0 aliphatic carbocycles. The molecular formula is C48H69N11O13. The summed E-state index contributed by atoms with van der Waals surface area (Å²) in [6.45, 7) is 5.14. The predicted octanol–water partition coefficient (Wildman–Crippen LogP) is -3.05. The first-order valence-corrected chi connectivity index (χ1v) is 23.9. The van der Waals surface area contributed by atoms with Crippen LogP contribution in [-0.2, 0) is 56.0 Å². The number of aliphatic hydroxyl groups is 2. The van der Waals surface area contributed by atoms with Gasteiger partial charge in [0.1, 0.15) is 42.0 Å². The lowest BCUT2D eigenvalue weighted by molar-refractivity contribution is -0.143. The normalized spacial score (nSPS) is 26.1. The number of fused-ring (bicyclic) bond motifs is 1. The van der Waals surface area contributed by atoms with Gasteiger partial charge in [-0.15, -0.1) is 0 Å². The molecule has 15 N–H and O–H groups in total. The van der Waals surface area contributed by atoms with Crippen molar-refractivity contribution in [2.24, 2.45) is 22.4 Å². The Morgan fingerprint density at radius 3 is 1.88 bits per heavy atom. The fraction of sp³-hybridized carbons (Fsp3) is 0.542. The van der Waals surface area contributed by atoms with Crippen molar-refractivity contribution in [2.45, 2.75) is 140 Å². The Labute approximate surface area is 416 Å². The van der Waals surface area contributed by atoms with Gasteiger partial charge in [-0.1, -0.05) is 56.3 Å². The number of amides is 7. The van der Waals surface area contributed by atoms with Crippen LogP contribution in [0.3, 0.4) is 0 Å². The summed E-state index contributed by atoms with van der Waals surface area (Å²) in [5.74, 6) is -9.62. The molecule has 2 fully saturated rings. The quantitative estimate of drug-likeness (QED) is 0.0508. The van der Waals surface area contributed by atoms with Crippen LogP contribution >= 0.6 is 0 Å². The van der Waals surface area contributed by atoms with Gasteiger partial charge in [0.25, 0.3) is 0 Å². The molecule has 24 heteroatoms. The molecule has 0 spiro atoms. The largest absolute Gasteiger partial charge is 0.508 e. The van der Waals surface area contributed by atoms with Crippen LogP contribution in [0.25, 0.3) is 0 Å². The number of benzene rings is 2. The number of carbonyl (C=O) groups excluding carboxylic acids is 8. The first kappa shape index (κ1) is 57.4. The Morgan fingerprint density at radius 2 is 1.26 bits per heavy atom. The summed E-state index contributed by atoms with van der Waals surface area (Å²) in [6.07, 6.45) is -1.90. The highest BCUT2D eigenvalue weighted by Gasteiger charge is 2.42. The number of phenols is 1. The molecule has 0 aromatic heterocycles. The molecule has 2 saturated heterocycles. The zero-order valence-electron chi connectivity index (χ0n) is 40.8. The van der Waals surface area contributed by atoms with Gasteiger partial charge in [0, 0.05) is 25.9 Å². The van der Waals surface area contributed by atoms with E-state index in [-0.39, 0.29) is 56.9 Å². The lowest BCUT2D eigenvalue weighted by atomic mass is 9.96. The van der Waals surface area contributed by atoms with Crippen LogP contribution in [0.1, 0.15) is 77.3 Å². The molecule has 0 bridgehead atoms. The van der Waals surface area contributed by atoms with Crippen molar-refractivity contribution in [1.82, 2.24) is 42.1 Å². The van der Waals surface area contributed by atoms with E-state index in [2.05, 4.69) is 42.2 Å². The van der Waals surface area contributed by atoms with E-state index in [1.54, 1.807) is 44.2 Å². The Morgan fingerprint density at radius 1 is 0.708 bits per heavy atom. The van der Waals surface area contributed by atoms with Crippen LogP contribution in [0, 0.1) is 5.92 Å². The molecule has 2 heterocycles. The topological polar surface area (TPSA) is 386 Å². The average Bonchev–Trinajstić information content (AvgIpc) is 3.83. The third kappa shape index (κ3) is 17.0. The molecule has 394 valence electrons. The van der Waals surface area contributed by atoms with Crippen LogP contribution < -0.4 is 48.7 Å². The molecule has 2 aliphatic heterocycles. The van der Waals surface area contributed by atoms with E-state index in [9.17, 15) is 63.6 Å². The van der Waals surface area contributed by atoms with Crippen LogP contribution in [0.2, 0.25) is 0 Å². The minimum absolute atomic E-state index is 0.0277. The van der Waals surface area contributed by atoms with Gasteiger partial charge in [0.15, 0.2) is 11.7 Å². The SMILES string of the molecule is CC(C)[C@@H]1N[C@H](C)C(=O)[C@H](CCCCN=C(N)N)NC(=O)[C@H](CO)NC(=O)[C@H](CC(=O)O)NC(=O)[C@H](Cc2ccccc2)NC(=O)[C@@H]2CCCN2C(=O)[C@H](Cc2ccc(O)cc2)NC(=O)[C@H]([C@@H](C)O)NC1=O. The summed E-state index contributed by atoms with van der Waals surface area (Å²) in [7, 11) is 0. The van der Waals surface area contributed by atoms with Gasteiger partial charge in [-0.05, 0) is 75.1 Å². The smallest absolute Gasteiger partial charge is 0.305 e. The van der Waals surface area contributed by atoms with Gasteiger partial charge >= 0.3 is 5.97 Å². The van der Waals surface area contributed by atoms with Crippen molar-refractivity contribution in [3.63, 3.8) is 0 Å². The van der Waals surface area contributed by atoms with Crippen LogP contribution in [0.15, 0.2) is 59.6 Å². The molecule has 0 radical (unpaired) electrons. The minimum atomic E-state index is -1.88. The second-order valence-corrected chi connectivity index (χ2v) is 18.4. The average molecular weight is 1010 g/mol. The zero-order chi connectivity index (χ0) is 53.2. The number of phenolic OH excluding ortho intramolecular Hbond substituents is 1. The van der Waals surface area contributed by atoms with Gasteiger partial charge in [0.2, 0.25) is 41.4 Å². The molecule has 7 amide bonds. The van der Waals surface area contributed by atoms with E-state index < -0.39 is 133 Å². The first-order valence-electron chi connectivity index (χ1n) is 23.9. The summed E-state index contributed by atoms with van der Waals surface area (Å²) in [6, 6.07) is 0.971. The third-order valence-electron chi connectivity index (χ3n) is 12.3. The molecule has 24 nitrogen and oxygen atoms in total. The maximum Gasteiger partial charge on any atom is 0.305 e. The molecule has 2 aromatic carbocycles. The number of aliphatic imine (C=N–C) groups is 1. The molecule has 0 saturated carbocycles. The van der Waals surface area contributed by atoms with Crippen molar-refractivity contribution >= 4 is 59.1 Å². The number of carbonyl (C=O) groups is 9. The maximum atomic E-state index is 14.7. The number of nitrogens with one attached hydrogen (secondary N) is 7. The Hall–Kier alpha value is -7.18. The molecule has 10 atom stereocenters. The van der Waals surface area contributed by atoms with Crippen molar-refractivity contribution in [1.29, 1.82) is 0 Å². The number of guanidine groups is 1. The first-order chi connectivity index (χ1) is 34.1. The highest BCUT2D eigenvalue weighted by Crippen LogP contribution is 2.22.